The first-order valence-electron chi connectivity index (χ1n) is 13.5. The van der Waals surface area contributed by atoms with Crippen LogP contribution in [0.3, 0.4) is 0 Å². The third kappa shape index (κ3) is 5.28. The lowest BCUT2D eigenvalue weighted by atomic mass is 9.78. The molecule has 2 nitrogen and oxygen atoms in total. The molecule has 2 aliphatic rings. The van der Waals surface area contributed by atoms with Crippen LogP contribution >= 0.6 is 0 Å². The van der Waals surface area contributed by atoms with Gasteiger partial charge in [0.25, 0.3) is 0 Å². The fourth-order valence-corrected chi connectivity index (χ4v) is 5.12. The molecule has 0 aromatic heterocycles. The van der Waals surface area contributed by atoms with E-state index < -0.39 is 51.5 Å². The lowest BCUT2D eigenvalue weighted by Crippen LogP contribution is -2.41. The Balaban J connectivity index is 1.58. The van der Waals surface area contributed by atoms with Crippen LogP contribution in [0.5, 0.6) is 5.75 Å². The van der Waals surface area contributed by atoms with Gasteiger partial charge in [0.2, 0.25) is 0 Å². The van der Waals surface area contributed by atoms with E-state index in [9.17, 15) is 0 Å². The minimum Gasteiger partial charge on any atom is -0.498 e. The molecule has 208 valence electrons. The largest absolute Gasteiger partial charge is 0.498 e. The van der Waals surface area contributed by atoms with E-state index in [2.05, 4.69) is 6.92 Å². The standard InChI is InChI=1S/C30H34F6O2/c1-3-5-7-8-21-13-10-19(18-38-21)9-11-20-12-14-22-23-15-16-24(37-17-6-4-2)28(32)26(23)30(35,36)29(33,34)25(22)27(20)31/h12-16,19H,3-11,17-18H2,1-2H3. The van der Waals surface area contributed by atoms with Crippen LogP contribution in [-0.4, -0.2) is 13.2 Å². The molecular formula is C30H34F6O2. The van der Waals surface area contributed by atoms with Gasteiger partial charge >= 0.3 is 11.8 Å². The second-order valence-corrected chi connectivity index (χ2v) is 10.2. The summed E-state index contributed by atoms with van der Waals surface area (Å²) in [6, 6.07) is 4.75. The van der Waals surface area contributed by atoms with Crippen molar-refractivity contribution in [3.63, 3.8) is 0 Å². The van der Waals surface area contributed by atoms with E-state index in [1.807, 2.05) is 13.0 Å². The van der Waals surface area contributed by atoms with Gasteiger partial charge in [-0.15, -0.1) is 0 Å². The number of benzene rings is 2. The minimum absolute atomic E-state index is 0.0603. The summed E-state index contributed by atoms with van der Waals surface area (Å²) in [5, 5.41) is 0. The number of ether oxygens (including phenoxy) is 2. The molecule has 1 atom stereocenters. The molecule has 0 fully saturated rings. The molecule has 1 aliphatic carbocycles. The lowest BCUT2D eigenvalue weighted by Gasteiger charge is -2.36. The Morgan fingerprint density at radius 3 is 2.13 bits per heavy atom. The van der Waals surface area contributed by atoms with Gasteiger partial charge in [0.05, 0.1) is 30.1 Å². The summed E-state index contributed by atoms with van der Waals surface area (Å²) in [4.78, 5) is 0. The Hall–Kier alpha value is -2.64. The number of halogens is 6. The summed E-state index contributed by atoms with van der Waals surface area (Å²) in [7, 11) is 0. The molecule has 2 aromatic carbocycles. The van der Waals surface area contributed by atoms with Gasteiger partial charge in [0.1, 0.15) is 5.82 Å². The number of allylic oxidation sites excluding steroid dienone is 2. The van der Waals surface area contributed by atoms with Crippen LogP contribution < -0.4 is 4.74 Å². The highest BCUT2D eigenvalue weighted by atomic mass is 19.3. The maximum absolute atomic E-state index is 15.5. The molecule has 2 aromatic rings. The maximum Gasteiger partial charge on any atom is 0.343 e. The zero-order valence-electron chi connectivity index (χ0n) is 21.8. The van der Waals surface area contributed by atoms with Gasteiger partial charge in [0.15, 0.2) is 11.6 Å². The minimum atomic E-state index is -4.96. The highest BCUT2D eigenvalue weighted by molar-refractivity contribution is 5.77. The topological polar surface area (TPSA) is 18.5 Å². The third-order valence-electron chi connectivity index (χ3n) is 7.43. The van der Waals surface area contributed by atoms with Crippen LogP contribution in [-0.2, 0) is 23.0 Å². The van der Waals surface area contributed by atoms with Gasteiger partial charge in [-0.05, 0) is 72.9 Å². The van der Waals surface area contributed by atoms with E-state index in [0.717, 1.165) is 56.4 Å². The zero-order valence-corrected chi connectivity index (χ0v) is 21.8. The first-order chi connectivity index (χ1) is 18.1. The summed E-state index contributed by atoms with van der Waals surface area (Å²) in [5.41, 5.74) is -3.80. The van der Waals surface area contributed by atoms with Crippen LogP contribution in [0.2, 0.25) is 0 Å². The SMILES string of the molecule is CCCCCC1=CCC(CCc2ccc3c(c2F)C(F)(F)C(F)(F)c2c-3ccc(OCCCC)c2F)CO1. The van der Waals surface area contributed by atoms with Crippen molar-refractivity contribution in [3.8, 4) is 16.9 Å². The Labute approximate surface area is 220 Å². The summed E-state index contributed by atoms with van der Waals surface area (Å²) in [6.07, 6.45) is 8.73. The average Bonchev–Trinajstić information content (AvgIpc) is 2.88. The lowest BCUT2D eigenvalue weighted by molar-refractivity contribution is -0.228. The van der Waals surface area contributed by atoms with Crippen LogP contribution in [0.25, 0.3) is 11.1 Å². The molecule has 38 heavy (non-hydrogen) atoms. The predicted octanol–water partition coefficient (Wildman–Crippen LogP) is 9.44. The van der Waals surface area contributed by atoms with E-state index in [4.69, 9.17) is 9.47 Å². The van der Waals surface area contributed by atoms with Gasteiger partial charge in [-0.2, -0.15) is 17.6 Å². The van der Waals surface area contributed by atoms with Gasteiger partial charge < -0.3 is 9.47 Å². The van der Waals surface area contributed by atoms with Crippen molar-refractivity contribution in [2.75, 3.05) is 13.2 Å². The van der Waals surface area contributed by atoms with Crippen LogP contribution in [0, 0.1) is 17.6 Å². The summed E-state index contributed by atoms with van der Waals surface area (Å²) in [5.74, 6) is -12.3. The highest BCUT2D eigenvalue weighted by Gasteiger charge is 2.65. The maximum atomic E-state index is 15.5. The second kappa shape index (κ2) is 11.6. The normalized spacial score (nSPS) is 19.3. The monoisotopic (exact) mass is 540 g/mol. The van der Waals surface area contributed by atoms with Gasteiger partial charge in [0, 0.05) is 6.42 Å². The van der Waals surface area contributed by atoms with Crippen LogP contribution in [0.15, 0.2) is 36.1 Å². The van der Waals surface area contributed by atoms with Crippen molar-refractivity contribution in [3.05, 3.63) is 64.4 Å². The Morgan fingerprint density at radius 1 is 0.842 bits per heavy atom. The number of hydrogen-bond acceptors (Lipinski definition) is 2. The van der Waals surface area contributed by atoms with Gasteiger partial charge in [-0.25, -0.2) is 8.78 Å². The molecular weight excluding hydrogens is 506 g/mol. The first-order valence-corrected chi connectivity index (χ1v) is 13.5. The molecule has 0 N–H and O–H groups in total. The highest BCUT2D eigenvalue weighted by Crippen LogP contribution is 2.60. The Bertz CT molecular complexity index is 1170. The molecule has 8 heteroatoms. The van der Waals surface area contributed by atoms with E-state index in [-0.39, 0.29) is 24.5 Å². The number of rotatable bonds is 11. The van der Waals surface area contributed by atoms with Crippen molar-refractivity contribution >= 4 is 0 Å². The Morgan fingerprint density at radius 2 is 1.50 bits per heavy atom. The van der Waals surface area contributed by atoms with Crippen molar-refractivity contribution in [1.82, 2.24) is 0 Å². The van der Waals surface area contributed by atoms with Crippen LogP contribution in [0.1, 0.15) is 81.9 Å². The summed E-state index contributed by atoms with van der Waals surface area (Å²) >= 11 is 0. The molecule has 0 amide bonds. The smallest absolute Gasteiger partial charge is 0.343 e. The van der Waals surface area contributed by atoms with Crippen molar-refractivity contribution < 1.29 is 35.8 Å². The fraction of sp³-hybridized carbons (Fsp3) is 0.533. The molecule has 0 radical (unpaired) electrons. The average molecular weight is 541 g/mol. The number of hydrogen-bond donors (Lipinski definition) is 0. The molecule has 1 aliphatic heterocycles. The zero-order chi connectivity index (χ0) is 27.5. The van der Waals surface area contributed by atoms with Crippen molar-refractivity contribution in [2.24, 2.45) is 5.92 Å². The fourth-order valence-electron chi connectivity index (χ4n) is 5.12. The number of fused-ring (bicyclic) bond motifs is 3. The molecule has 1 unspecified atom stereocenters. The summed E-state index contributed by atoms with van der Waals surface area (Å²) in [6.45, 7) is 4.51. The number of alkyl halides is 4. The number of unbranched alkanes of at least 4 members (excludes halogenated alkanes) is 3. The summed E-state index contributed by atoms with van der Waals surface area (Å²) < 4.78 is 102. The molecule has 4 rings (SSSR count). The Kier molecular flexibility index (Phi) is 8.68. The van der Waals surface area contributed by atoms with Crippen LogP contribution in [0.4, 0.5) is 26.3 Å². The van der Waals surface area contributed by atoms with Crippen molar-refractivity contribution in [1.29, 1.82) is 0 Å². The molecule has 0 saturated carbocycles. The molecule has 0 bridgehead atoms. The van der Waals surface area contributed by atoms with E-state index in [0.29, 0.717) is 19.4 Å². The van der Waals surface area contributed by atoms with E-state index >= 15 is 26.3 Å². The molecule has 0 spiro atoms. The van der Waals surface area contributed by atoms with E-state index in [1.54, 1.807) is 0 Å². The predicted molar refractivity (Wildman–Crippen MR) is 135 cm³/mol. The quantitative estimate of drug-likeness (QED) is 0.209. The number of aryl methyl sites for hydroxylation is 1. The third-order valence-corrected chi connectivity index (χ3v) is 7.43. The van der Waals surface area contributed by atoms with E-state index in [1.165, 1.54) is 12.1 Å². The first kappa shape index (κ1) is 28.4. The second-order valence-electron chi connectivity index (χ2n) is 10.2. The molecule has 1 heterocycles. The van der Waals surface area contributed by atoms with Gasteiger partial charge in [-0.3, -0.25) is 0 Å². The van der Waals surface area contributed by atoms with Gasteiger partial charge in [-0.1, -0.05) is 45.2 Å². The van der Waals surface area contributed by atoms with Crippen molar-refractivity contribution in [2.45, 2.75) is 83.5 Å². The molecule has 0 saturated heterocycles.